The van der Waals surface area contributed by atoms with Gasteiger partial charge < -0.3 is 9.53 Å². The zero-order chi connectivity index (χ0) is 23.5. The third kappa shape index (κ3) is 4.83. The summed E-state index contributed by atoms with van der Waals surface area (Å²) in [5, 5.41) is 12.9. The van der Waals surface area contributed by atoms with E-state index < -0.39 is 8.32 Å². The first kappa shape index (κ1) is 24.2. The summed E-state index contributed by atoms with van der Waals surface area (Å²) in [5.74, 6) is 0. The van der Waals surface area contributed by atoms with Crippen LogP contribution in [-0.4, -0.2) is 20.0 Å². The quantitative estimate of drug-likeness (QED) is 0.292. The van der Waals surface area contributed by atoms with Gasteiger partial charge in [-0.15, -0.1) is 0 Å². The van der Waals surface area contributed by atoms with Gasteiger partial charge in [-0.2, -0.15) is 0 Å². The zero-order valence-corrected chi connectivity index (χ0v) is 21.7. The van der Waals surface area contributed by atoms with Gasteiger partial charge in [0.15, 0.2) is 0 Å². The van der Waals surface area contributed by atoms with E-state index in [1.54, 1.807) is 0 Å². The first-order chi connectivity index (χ1) is 15.8. The van der Waals surface area contributed by atoms with Crippen molar-refractivity contribution in [3.63, 3.8) is 0 Å². The van der Waals surface area contributed by atoms with Gasteiger partial charge in [-0.05, 0) is 63.7 Å². The smallest absolute Gasteiger partial charge is 0.261 e. The van der Waals surface area contributed by atoms with Crippen molar-refractivity contribution in [3.8, 4) is 0 Å². The SMILES string of the molecule is CC(C)(C)[Si](OCCCC1(c2ccc(Cl)c(CO)c2)CC1)(c1ccccc1)c1ccccc1. The predicted molar refractivity (Wildman–Crippen MR) is 141 cm³/mol. The number of benzene rings is 3. The molecule has 3 aromatic carbocycles. The summed E-state index contributed by atoms with van der Waals surface area (Å²) >= 11 is 6.23. The van der Waals surface area contributed by atoms with Crippen molar-refractivity contribution in [1.82, 2.24) is 0 Å². The van der Waals surface area contributed by atoms with E-state index in [-0.39, 0.29) is 17.1 Å². The molecule has 1 aliphatic rings. The highest BCUT2D eigenvalue weighted by molar-refractivity contribution is 6.99. The number of aliphatic hydroxyl groups is 1. The molecule has 0 aliphatic heterocycles. The lowest BCUT2D eigenvalue weighted by Gasteiger charge is -2.43. The maximum absolute atomic E-state index is 9.63. The molecule has 0 radical (unpaired) electrons. The van der Waals surface area contributed by atoms with Gasteiger partial charge in [0, 0.05) is 11.6 Å². The molecule has 0 spiro atoms. The highest BCUT2D eigenvalue weighted by atomic mass is 35.5. The number of rotatable bonds is 9. The molecule has 1 fully saturated rings. The Morgan fingerprint density at radius 1 is 0.909 bits per heavy atom. The highest BCUT2D eigenvalue weighted by Crippen LogP contribution is 2.52. The molecule has 0 aromatic heterocycles. The Morgan fingerprint density at radius 2 is 1.48 bits per heavy atom. The third-order valence-electron chi connectivity index (χ3n) is 7.22. The van der Waals surface area contributed by atoms with Crippen molar-refractivity contribution in [2.45, 2.75) is 63.5 Å². The first-order valence-electron chi connectivity index (χ1n) is 12.0. The van der Waals surface area contributed by atoms with Crippen LogP contribution in [0.25, 0.3) is 0 Å². The molecule has 4 rings (SSSR count). The second-order valence-corrected chi connectivity index (χ2v) is 15.1. The fraction of sp³-hybridized carbons (Fsp3) is 0.379. The molecule has 4 heteroatoms. The molecule has 0 unspecified atom stereocenters. The fourth-order valence-electron chi connectivity index (χ4n) is 5.26. The number of hydrogen-bond acceptors (Lipinski definition) is 2. The Labute approximate surface area is 204 Å². The fourth-order valence-corrected chi connectivity index (χ4v) is 10.0. The summed E-state index contributed by atoms with van der Waals surface area (Å²) < 4.78 is 7.07. The summed E-state index contributed by atoms with van der Waals surface area (Å²) in [7, 11) is -2.48. The van der Waals surface area contributed by atoms with E-state index in [9.17, 15) is 5.11 Å². The van der Waals surface area contributed by atoms with E-state index in [2.05, 4.69) is 93.6 Å². The van der Waals surface area contributed by atoms with E-state index in [1.165, 1.54) is 28.8 Å². The lowest BCUT2D eigenvalue weighted by Crippen LogP contribution is -2.66. The molecule has 174 valence electrons. The molecule has 1 aliphatic carbocycles. The molecule has 33 heavy (non-hydrogen) atoms. The molecule has 0 bridgehead atoms. The normalized spacial score (nSPS) is 15.4. The van der Waals surface area contributed by atoms with Crippen LogP contribution in [0.5, 0.6) is 0 Å². The molecule has 0 atom stereocenters. The monoisotopic (exact) mass is 478 g/mol. The number of aliphatic hydroxyl groups excluding tert-OH is 1. The van der Waals surface area contributed by atoms with Gasteiger partial charge in [0.1, 0.15) is 0 Å². The minimum Gasteiger partial charge on any atom is -0.407 e. The zero-order valence-electron chi connectivity index (χ0n) is 20.0. The van der Waals surface area contributed by atoms with Crippen molar-refractivity contribution in [2.24, 2.45) is 0 Å². The minimum absolute atomic E-state index is 0.000812. The van der Waals surface area contributed by atoms with Crippen molar-refractivity contribution >= 4 is 30.3 Å². The predicted octanol–water partition coefficient (Wildman–Crippen LogP) is 6.22. The summed E-state index contributed by atoms with van der Waals surface area (Å²) in [6, 6.07) is 27.8. The van der Waals surface area contributed by atoms with Gasteiger partial charge in [0.25, 0.3) is 8.32 Å². The summed E-state index contributed by atoms with van der Waals surface area (Å²) in [6.45, 7) is 7.71. The molecule has 3 aromatic rings. The van der Waals surface area contributed by atoms with Crippen LogP contribution in [-0.2, 0) is 16.4 Å². The van der Waals surface area contributed by atoms with E-state index in [1.807, 2.05) is 6.07 Å². The molecule has 0 heterocycles. The lowest BCUT2D eigenvalue weighted by molar-refractivity contribution is 0.279. The van der Waals surface area contributed by atoms with Crippen molar-refractivity contribution in [3.05, 3.63) is 95.0 Å². The lowest BCUT2D eigenvalue weighted by atomic mass is 9.90. The highest BCUT2D eigenvalue weighted by Gasteiger charge is 2.50. The van der Waals surface area contributed by atoms with Crippen molar-refractivity contribution in [1.29, 1.82) is 0 Å². The van der Waals surface area contributed by atoms with Gasteiger partial charge in [-0.25, -0.2) is 0 Å². The van der Waals surface area contributed by atoms with Crippen molar-refractivity contribution in [2.75, 3.05) is 6.61 Å². The largest absolute Gasteiger partial charge is 0.407 e. The van der Waals surface area contributed by atoms with Gasteiger partial charge in [-0.3, -0.25) is 0 Å². The molecular weight excluding hydrogens is 444 g/mol. The molecular formula is C29H35ClO2Si. The van der Waals surface area contributed by atoms with E-state index >= 15 is 0 Å². The van der Waals surface area contributed by atoms with Crippen LogP contribution < -0.4 is 10.4 Å². The minimum atomic E-state index is -2.48. The van der Waals surface area contributed by atoms with E-state index in [0.717, 1.165) is 25.0 Å². The maximum atomic E-state index is 9.63. The Hall–Kier alpha value is -1.91. The second kappa shape index (κ2) is 9.75. The standard InChI is InChI=1S/C29H35ClO2Si/c1-28(2,3)33(25-11-6-4-7-12-25,26-13-8-5-9-14-26)32-20-10-17-29(18-19-29)24-15-16-27(30)23(21-24)22-31/h4-9,11-16,21,31H,10,17-20,22H2,1-3H3. The Morgan fingerprint density at radius 3 is 1.97 bits per heavy atom. The van der Waals surface area contributed by atoms with Crippen LogP contribution in [0, 0.1) is 0 Å². The molecule has 1 N–H and O–H groups in total. The van der Waals surface area contributed by atoms with E-state index in [4.69, 9.17) is 16.0 Å². The Bertz CT molecular complexity index is 1020. The van der Waals surface area contributed by atoms with Crippen molar-refractivity contribution < 1.29 is 9.53 Å². The molecule has 0 saturated heterocycles. The molecule has 2 nitrogen and oxygen atoms in total. The molecule has 1 saturated carbocycles. The third-order valence-corrected chi connectivity index (χ3v) is 12.6. The van der Waals surface area contributed by atoms with Crippen LogP contribution >= 0.6 is 11.6 Å². The second-order valence-electron chi connectivity index (χ2n) is 10.4. The van der Waals surface area contributed by atoms with Crippen LogP contribution in [0.4, 0.5) is 0 Å². The average Bonchev–Trinajstić information content (AvgIpc) is 3.61. The van der Waals surface area contributed by atoms with Crippen LogP contribution in [0.3, 0.4) is 0 Å². The topological polar surface area (TPSA) is 29.5 Å². The summed E-state index contributed by atoms with van der Waals surface area (Å²) in [5.41, 5.74) is 2.34. The van der Waals surface area contributed by atoms with Gasteiger partial charge in [0.05, 0.1) is 6.61 Å². The Kier molecular flexibility index (Phi) is 7.16. The van der Waals surface area contributed by atoms with Crippen LogP contribution in [0.2, 0.25) is 10.1 Å². The first-order valence-corrected chi connectivity index (χ1v) is 14.3. The maximum Gasteiger partial charge on any atom is 0.261 e. The van der Waals surface area contributed by atoms with E-state index in [0.29, 0.717) is 5.02 Å². The van der Waals surface area contributed by atoms with Gasteiger partial charge >= 0.3 is 0 Å². The Balaban J connectivity index is 1.55. The number of halogens is 1. The van der Waals surface area contributed by atoms with Crippen LogP contribution in [0.1, 0.15) is 57.6 Å². The van der Waals surface area contributed by atoms with Crippen LogP contribution in [0.15, 0.2) is 78.9 Å². The summed E-state index contributed by atoms with van der Waals surface area (Å²) in [4.78, 5) is 0. The van der Waals surface area contributed by atoms with Gasteiger partial charge in [-0.1, -0.05) is 105 Å². The van der Waals surface area contributed by atoms with Gasteiger partial charge in [0.2, 0.25) is 0 Å². The average molecular weight is 479 g/mol. The number of hydrogen-bond donors (Lipinski definition) is 1. The summed E-state index contributed by atoms with van der Waals surface area (Å²) in [6.07, 6.45) is 4.50. The molecule has 0 amide bonds.